The van der Waals surface area contributed by atoms with Crippen molar-refractivity contribution in [3.63, 3.8) is 0 Å². The van der Waals surface area contributed by atoms with Gasteiger partial charge in [-0.05, 0) is 63.3 Å². The van der Waals surface area contributed by atoms with Crippen LogP contribution in [-0.4, -0.2) is 25.2 Å². The summed E-state index contributed by atoms with van der Waals surface area (Å²) in [7, 11) is 1.69. The van der Waals surface area contributed by atoms with Gasteiger partial charge in [-0.15, -0.1) is 0 Å². The van der Waals surface area contributed by atoms with Gasteiger partial charge in [-0.3, -0.25) is 4.79 Å². The third kappa shape index (κ3) is 3.49. The molecule has 1 aliphatic rings. The molecule has 1 N–H and O–H groups in total. The van der Waals surface area contributed by atoms with Crippen molar-refractivity contribution in [2.45, 2.75) is 52.0 Å². The second kappa shape index (κ2) is 6.37. The van der Waals surface area contributed by atoms with Gasteiger partial charge in [-0.25, -0.2) is 0 Å². The minimum Gasteiger partial charge on any atom is -0.496 e. The second-order valence-electron chi connectivity index (χ2n) is 5.88. The van der Waals surface area contributed by atoms with E-state index in [4.69, 9.17) is 9.47 Å². The average molecular weight is 291 g/mol. The zero-order valence-corrected chi connectivity index (χ0v) is 13.4. The lowest BCUT2D eigenvalue weighted by Gasteiger charge is -2.43. The molecule has 0 aromatic heterocycles. The minimum absolute atomic E-state index is 0.119. The summed E-state index contributed by atoms with van der Waals surface area (Å²) in [6.45, 7) is 6.36. The van der Waals surface area contributed by atoms with Crippen LogP contribution in [0.4, 0.5) is 5.69 Å². The number of anilines is 1. The first-order valence-electron chi connectivity index (χ1n) is 7.59. The van der Waals surface area contributed by atoms with E-state index in [2.05, 4.69) is 17.4 Å². The predicted octanol–water partition coefficient (Wildman–Crippen LogP) is 3.60. The zero-order chi connectivity index (χ0) is 15.5. The first kappa shape index (κ1) is 15.7. The van der Waals surface area contributed by atoms with Gasteiger partial charge in [0, 0.05) is 11.2 Å². The Morgan fingerprint density at radius 1 is 1.29 bits per heavy atom. The van der Waals surface area contributed by atoms with E-state index in [0.717, 1.165) is 41.8 Å². The number of carbonyl (C=O) groups is 1. The molecule has 0 heterocycles. The van der Waals surface area contributed by atoms with Gasteiger partial charge in [0.2, 0.25) is 0 Å². The monoisotopic (exact) mass is 291 g/mol. The van der Waals surface area contributed by atoms with Crippen molar-refractivity contribution in [1.82, 2.24) is 0 Å². The second-order valence-corrected chi connectivity index (χ2v) is 5.88. The summed E-state index contributed by atoms with van der Waals surface area (Å²) in [5.74, 6) is 0.806. The lowest BCUT2D eigenvalue weighted by molar-refractivity contribution is -0.145. The van der Waals surface area contributed by atoms with Crippen molar-refractivity contribution in [2.75, 3.05) is 19.0 Å². The van der Waals surface area contributed by atoms with Crippen LogP contribution in [0, 0.1) is 13.8 Å². The molecule has 0 amide bonds. The molecule has 1 aromatic carbocycles. The van der Waals surface area contributed by atoms with Gasteiger partial charge in [0.05, 0.1) is 20.1 Å². The molecule has 1 fully saturated rings. The van der Waals surface area contributed by atoms with Crippen LogP contribution in [0.3, 0.4) is 0 Å². The summed E-state index contributed by atoms with van der Waals surface area (Å²) in [5.41, 5.74) is 3.12. The molecule has 2 rings (SSSR count). The smallest absolute Gasteiger partial charge is 0.308 e. The number of esters is 1. The lowest BCUT2D eigenvalue weighted by Crippen LogP contribution is -2.47. The highest BCUT2D eigenvalue weighted by molar-refractivity contribution is 5.72. The van der Waals surface area contributed by atoms with Crippen LogP contribution in [0.5, 0.6) is 5.75 Å². The third-order valence-corrected chi connectivity index (χ3v) is 4.17. The molecule has 4 heteroatoms. The Hall–Kier alpha value is -1.71. The number of aryl methyl sites for hydroxylation is 2. The fraction of sp³-hybridized carbons (Fsp3) is 0.588. The molecular formula is C17H25NO3. The van der Waals surface area contributed by atoms with Gasteiger partial charge in [0.25, 0.3) is 0 Å². The first-order chi connectivity index (χ1) is 9.99. The summed E-state index contributed by atoms with van der Waals surface area (Å²) in [6, 6.07) is 4.16. The molecule has 1 saturated carbocycles. The lowest BCUT2D eigenvalue weighted by atomic mass is 9.74. The van der Waals surface area contributed by atoms with Gasteiger partial charge >= 0.3 is 5.97 Å². The Morgan fingerprint density at radius 2 is 1.90 bits per heavy atom. The Morgan fingerprint density at radius 3 is 2.33 bits per heavy atom. The van der Waals surface area contributed by atoms with E-state index in [1.165, 1.54) is 0 Å². The molecule has 0 unspecified atom stereocenters. The van der Waals surface area contributed by atoms with Crippen LogP contribution in [0.25, 0.3) is 0 Å². The highest BCUT2D eigenvalue weighted by atomic mass is 16.5. The Labute approximate surface area is 126 Å². The molecule has 0 bridgehead atoms. The molecule has 0 spiro atoms. The third-order valence-electron chi connectivity index (χ3n) is 4.17. The Kier molecular flexibility index (Phi) is 4.76. The van der Waals surface area contributed by atoms with Gasteiger partial charge in [0.15, 0.2) is 0 Å². The summed E-state index contributed by atoms with van der Waals surface area (Å²) >= 11 is 0. The summed E-state index contributed by atoms with van der Waals surface area (Å²) < 4.78 is 10.5. The topological polar surface area (TPSA) is 47.6 Å². The standard InChI is InChI=1S/C17H25NO3/c1-5-21-15(19)11-17(7-6-8-17)18-14-9-12(2)16(20-4)13(3)10-14/h9-10,18H,5-8,11H2,1-4H3. The maximum Gasteiger partial charge on any atom is 0.308 e. The van der Waals surface area contributed by atoms with Crippen molar-refractivity contribution in [1.29, 1.82) is 0 Å². The molecule has 0 radical (unpaired) electrons. The normalized spacial score (nSPS) is 16.0. The Balaban J connectivity index is 2.13. The van der Waals surface area contributed by atoms with E-state index in [1.54, 1.807) is 7.11 Å². The van der Waals surface area contributed by atoms with Gasteiger partial charge in [-0.2, -0.15) is 0 Å². The summed E-state index contributed by atoms with van der Waals surface area (Å²) in [4.78, 5) is 11.8. The number of ether oxygens (including phenoxy) is 2. The molecule has 0 atom stereocenters. The van der Waals surface area contributed by atoms with Crippen LogP contribution in [0.1, 0.15) is 43.7 Å². The molecule has 0 saturated heterocycles. The van der Waals surface area contributed by atoms with Crippen LogP contribution in [0.2, 0.25) is 0 Å². The number of methoxy groups -OCH3 is 1. The van der Waals surface area contributed by atoms with Crippen LogP contribution in [-0.2, 0) is 9.53 Å². The van der Waals surface area contributed by atoms with Crippen molar-refractivity contribution in [3.8, 4) is 5.75 Å². The van der Waals surface area contributed by atoms with Crippen LogP contribution in [0.15, 0.2) is 12.1 Å². The summed E-state index contributed by atoms with van der Waals surface area (Å²) in [5, 5.41) is 3.56. The van der Waals surface area contributed by atoms with Crippen molar-refractivity contribution < 1.29 is 14.3 Å². The average Bonchev–Trinajstić information content (AvgIpc) is 2.36. The minimum atomic E-state index is -0.139. The number of benzene rings is 1. The highest BCUT2D eigenvalue weighted by Crippen LogP contribution is 2.39. The zero-order valence-electron chi connectivity index (χ0n) is 13.4. The number of hydrogen-bond acceptors (Lipinski definition) is 4. The number of rotatable bonds is 6. The van der Waals surface area contributed by atoms with E-state index in [1.807, 2.05) is 20.8 Å². The van der Waals surface area contributed by atoms with Crippen molar-refractivity contribution in [3.05, 3.63) is 23.3 Å². The Bertz CT molecular complexity index is 498. The van der Waals surface area contributed by atoms with E-state index >= 15 is 0 Å². The van der Waals surface area contributed by atoms with Gasteiger partial charge in [-0.1, -0.05) is 0 Å². The van der Waals surface area contributed by atoms with Crippen molar-refractivity contribution >= 4 is 11.7 Å². The molecule has 116 valence electrons. The van der Waals surface area contributed by atoms with E-state index in [0.29, 0.717) is 13.0 Å². The molecule has 0 aliphatic heterocycles. The van der Waals surface area contributed by atoms with Gasteiger partial charge < -0.3 is 14.8 Å². The fourth-order valence-electron chi connectivity index (χ4n) is 3.09. The highest BCUT2D eigenvalue weighted by Gasteiger charge is 2.39. The number of nitrogens with one attached hydrogen (secondary N) is 1. The summed E-state index contributed by atoms with van der Waals surface area (Å²) in [6.07, 6.45) is 3.61. The quantitative estimate of drug-likeness (QED) is 0.814. The molecular weight excluding hydrogens is 266 g/mol. The maximum atomic E-state index is 11.8. The van der Waals surface area contributed by atoms with E-state index in [-0.39, 0.29) is 11.5 Å². The predicted molar refractivity (Wildman–Crippen MR) is 83.9 cm³/mol. The largest absolute Gasteiger partial charge is 0.496 e. The number of hydrogen-bond donors (Lipinski definition) is 1. The SMILES string of the molecule is CCOC(=O)CC1(Nc2cc(C)c(OC)c(C)c2)CCC1. The molecule has 1 aromatic rings. The van der Waals surface area contributed by atoms with Crippen LogP contribution < -0.4 is 10.1 Å². The fourth-order valence-corrected chi connectivity index (χ4v) is 3.09. The van der Waals surface area contributed by atoms with E-state index < -0.39 is 0 Å². The van der Waals surface area contributed by atoms with E-state index in [9.17, 15) is 4.79 Å². The van der Waals surface area contributed by atoms with Crippen LogP contribution >= 0.6 is 0 Å². The van der Waals surface area contributed by atoms with Crippen molar-refractivity contribution in [2.24, 2.45) is 0 Å². The molecule has 4 nitrogen and oxygen atoms in total. The first-order valence-corrected chi connectivity index (χ1v) is 7.59. The molecule has 21 heavy (non-hydrogen) atoms. The number of carbonyl (C=O) groups excluding carboxylic acids is 1. The van der Waals surface area contributed by atoms with Gasteiger partial charge in [0.1, 0.15) is 5.75 Å². The maximum absolute atomic E-state index is 11.8. The molecule has 1 aliphatic carbocycles.